The lowest BCUT2D eigenvalue weighted by Crippen LogP contribution is -2.41. The van der Waals surface area contributed by atoms with E-state index in [-0.39, 0.29) is 5.91 Å². The van der Waals surface area contributed by atoms with Crippen LogP contribution in [0.3, 0.4) is 0 Å². The summed E-state index contributed by atoms with van der Waals surface area (Å²) >= 11 is 0. The number of carbonyl (C=O) groups is 1. The Hall–Kier alpha value is -3.33. The molecule has 0 radical (unpaired) electrons. The van der Waals surface area contributed by atoms with Gasteiger partial charge in [0.15, 0.2) is 5.76 Å². The van der Waals surface area contributed by atoms with Crippen molar-refractivity contribution in [2.24, 2.45) is 0 Å². The van der Waals surface area contributed by atoms with Gasteiger partial charge in [-0.1, -0.05) is 24.3 Å². The summed E-state index contributed by atoms with van der Waals surface area (Å²) in [7, 11) is 3.58. The van der Waals surface area contributed by atoms with Crippen LogP contribution < -0.4 is 16.1 Å². The topological polar surface area (TPSA) is 76.0 Å². The third-order valence-electron chi connectivity index (χ3n) is 7.05. The second-order valence-electron chi connectivity index (χ2n) is 10.6. The number of nitrogens with zero attached hydrogens (tertiary/aromatic N) is 1. The number of rotatable bonds is 6. The number of fused-ring (bicyclic) bond motifs is 1. The van der Waals surface area contributed by atoms with E-state index in [0.717, 1.165) is 28.9 Å². The number of hydrogen-bond donors (Lipinski definition) is 2. The van der Waals surface area contributed by atoms with Crippen LogP contribution in [-0.2, 0) is 20.6 Å². The molecule has 1 aromatic heterocycles. The molecule has 3 aromatic rings. The highest BCUT2D eigenvalue weighted by molar-refractivity contribution is 6.62. The van der Waals surface area contributed by atoms with Gasteiger partial charge in [-0.3, -0.25) is 4.79 Å². The van der Waals surface area contributed by atoms with Crippen LogP contribution in [0.4, 0.5) is 11.4 Å². The molecule has 2 aliphatic rings. The zero-order chi connectivity index (χ0) is 25.7. The van der Waals surface area contributed by atoms with Crippen LogP contribution in [0.25, 0.3) is 11.3 Å². The minimum absolute atomic E-state index is 0.195. The van der Waals surface area contributed by atoms with E-state index in [2.05, 4.69) is 27.7 Å². The van der Waals surface area contributed by atoms with Crippen LogP contribution in [0.1, 0.15) is 44.6 Å². The van der Waals surface area contributed by atoms with Gasteiger partial charge in [0.25, 0.3) is 5.91 Å². The first-order valence-electron chi connectivity index (χ1n) is 12.1. The molecule has 0 bridgehead atoms. The normalized spacial score (nSPS) is 19.4. The smallest absolute Gasteiger partial charge is 0.463 e. The molecule has 186 valence electrons. The van der Waals surface area contributed by atoms with Gasteiger partial charge < -0.3 is 29.3 Å². The zero-order valence-corrected chi connectivity index (χ0v) is 21.6. The first-order valence-corrected chi connectivity index (χ1v) is 12.1. The maximum absolute atomic E-state index is 13.3. The Bertz CT molecular complexity index is 1300. The predicted molar refractivity (Wildman–Crippen MR) is 144 cm³/mol. The standard InChI is InChI=1S/C28H32BN3O4/c1-27(2)28(3,4)36-29(35-27)19-11-14-21-22(16-19)31-26(33)24(21)25(23-8-7-15-34-23)30-20-12-9-18(10-13-20)17-32(5)6/h7-16,30H,17H2,1-6H3,(H,31,33)/b25-24-. The summed E-state index contributed by atoms with van der Waals surface area (Å²) < 4.78 is 18.1. The van der Waals surface area contributed by atoms with E-state index in [9.17, 15) is 4.79 Å². The molecule has 7 nitrogen and oxygen atoms in total. The van der Waals surface area contributed by atoms with Crippen molar-refractivity contribution in [3.8, 4) is 0 Å². The van der Waals surface area contributed by atoms with Crippen molar-refractivity contribution >= 4 is 41.1 Å². The minimum atomic E-state index is -0.506. The monoisotopic (exact) mass is 485 g/mol. The van der Waals surface area contributed by atoms with Crippen LogP contribution in [-0.4, -0.2) is 43.2 Å². The Morgan fingerprint density at radius 1 is 1.00 bits per heavy atom. The molecule has 2 aliphatic heterocycles. The highest BCUT2D eigenvalue weighted by Gasteiger charge is 2.52. The number of nitrogens with one attached hydrogen (secondary N) is 2. The average molecular weight is 485 g/mol. The fraction of sp³-hybridized carbons (Fsp3) is 0.321. The SMILES string of the molecule is CN(C)Cc1ccc(N/C(=C2\C(=O)Nc3cc(B4OC(C)(C)C(C)(C)O4)ccc32)c2ccco2)cc1. The Labute approximate surface area is 212 Å². The number of carbonyl (C=O) groups excluding carboxylic acids is 1. The maximum Gasteiger partial charge on any atom is 0.494 e. The molecule has 0 aliphatic carbocycles. The van der Waals surface area contributed by atoms with Crippen molar-refractivity contribution in [2.75, 3.05) is 24.7 Å². The fourth-order valence-electron chi connectivity index (χ4n) is 4.44. The Morgan fingerprint density at radius 2 is 1.69 bits per heavy atom. The summed E-state index contributed by atoms with van der Waals surface area (Å²) in [5, 5.41) is 6.45. The zero-order valence-electron chi connectivity index (χ0n) is 21.6. The summed E-state index contributed by atoms with van der Waals surface area (Å²) in [6, 6.07) is 17.7. The van der Waals surface area contributed by atoms with Crippen LogP contribution in [0.5, 0.6) is 0 Å². The molecule has 8 heteroatoms. The molecule has 0 atom stereocenters. The summed E-state index contributed by atoms with van der Waals surface area (Å²) in [5.41, 5.74) is 4.70. The van der Waals surface area contributed by atoms with Gasteiger partial charge in [0.1, 0.15) is 0 Å². The minimum Gasteiger partial charge on any atom is -0.463 e. The van der Waals surface area contributed by atoms with E-state index >= 15 is 0 Å². The molecule has 3 heterocycles. The summed E-state index contributed by atoms with van der Waals surface area (Å²) in [6.07, 6.45) is 1.60. The largest absolute Gasteiger partial charge is 0.494 e. The van der Waals surface area contributed by atoms with Crippen LogP contribution in [0.15, 0.2) is 65.3 Å². The van der Waals surface area contributed by atoms with Crippen molar-refractivity contribution in [3.63, 3.8) is 0 Å². The number of furan rings is 1. The lowest BCUT2D eigenvalue weighted by molar-refractivity contribution is -0.110. The Morgan fingerprint density at radius 3 is 2.31 bits per heavy atom. The number of benzene rings is 2. The van der Waals surface area contributed by atoms with Gasteiger partial charge in [-0.25, -0.2) is 0 Å². The molecule has 0 saturated carbocycles. The second kappa shape index (κ2) is 8.96. The number of hydrogen-bond acceptors (Lipinski definition) is 6. The van der Waals surface area contributed by atoms with Gasteiger partial charge in [-0.05, 0) is 83.1 Å². The van der Waals surface area contributed by atoms with Crippen molar-refractivity contribution in [3.05, 3.63) is 77.7 Å². The maximum atomic E-state index is 13.3. The van der Waals surface area contributed by atoms with Gasteiger partial charge in [-0.15, -0.1) is 0 Å². The molecule has 2 N–H and O–H groups in total. The van der Waals surface area contributed by atoms with Crippen molar-refractivity contribution < 1.29 is 18.5 Å². The second-order valence-corrected chi connectivity index (χ2v) is 10.6. The van der Waals surface area contributed by atoms with Crippen LogP contribution >= 0.6 is 0 Å². The molecule has 0 spiro atoms. The molecular weight excluding hydrogens is 453 g/mol. The molecule has 0 unspecified atom stereocenters. The van der Waals surface area contributed by atoms with E-state index in [1.807, 2.05) is 84.3 Å². The van der Waals surface area contributed by atoms with Gasteiger partial charge in [-0.2, -0.15) is 0 Å². The van der Waals surface area contributed by atoms with E-state index in [0.29, 0.717) is 17.0 Å². The molecule has 2 aromatic carbocycles. The van der Waals surface area contributed by atoms with Crippen LogP contribution in [0, 0.1) is 0 Å². The van der Waals surface area contributed by atoms with E-state index in [4.69, 9.17) is 13.7 Å². The molecular formula is C28H32BN3O4. The molecule has 1 amide bonds. The highest BCUT2D eigenvalue weighted by atomic mass is 16.7. The van der Waals surface area contributed by atoms with Crippen molar-refractivity contribution in [1.29, 1.82) is 0 Å². The summed E-state index contributed by atoms with van der Waals surface area (Å²) in [5.74, 6) is 0.389. The van der Waals surface area contributed by atoms with E-state index in [1.165, 1.54) is 5.56 Å². The first kappa shape index (κ1) is 24.4. The third-order valence-corrected chi connectivity index (χ3v) is 7.05. The van der Waals surface area contributed by atoms with E-state index in [1.54, 1.807) is 6.26 Å². The van der Waals surface area contributed by atoms with Gasteiger partial charge in [0, 0.05) is 23.5 Å². The Kier molecular flexibility index (Phi) is 6.07. The van der Waals surface area contributed by atoms with Gasteiger partial charge >= 0.3 is 7.12 Å². The summed E-state index contributed by atoms with van der Waals surface area (Å²) in [4.78, 5) is 15.4. The highest BCUT2D eigenvalue weighted by Crippen LogP contribution is 2.39. The number of amides is 1. The van der Waals surface area contributed by atoms with Crippen molar-refractivity contribution in [2.45, 2.75) is 45.4 Å². The quantitative estimate of drug-likeness (QED) is 0.394. The van der Waals surface area contributed by atoms with Gasteiger partial charge in [0.2, 0.25) is 0 Å². The first-order chi connectivity index (χ1) is 17.0. The molecule has 1 fully saturated rings. The molecule has 5 rings (SSSR count). The Balaban J connectivity index is 1.50. The van der Waals surface area contributed by atoms with Crippen molar-refractivity contribution in [1.82, 2.24) is 4.90 Å². The van der Waals surface area contributed by atoms with Crippen LogP contribution in [0.2, 0.25) is 0 Å². The van der Waals surface area contributed by atoms with Gasteiger partial charge in [0.05, 0.1) is 28.7 Å². The third kappa shape index (κ3) is 4.48. The fourth-order valence-corrected chi connectivity index (χ4v) is 4.44. The predicted octanol–water partition coefficient (Wildman–Crippen LogP) is 4.57. The van der Waals surface area contributed by atoms with E-state index < -0.39 is 18.3 Å². The number of anilines is 2. The average Bonchev–Trinajstić information content (AvgIpc) is 3.49. The molecule has 1 saturated heterocycles. The lowest BCUT2D eigenvalue weighted by Gasteiger charge is -2.32. The lowest BCUT2D eigenvalue weighted by atomic mass is 9.78. The summed E-state index contributed by atoms with van der Waals surface area (Å²) in [6.45, 7) is 8.96. The molecule has 36 heavy (non-hydrogen) atoms.